The van der Waals surface area contributed by atoms with Crippen molar-refractivity contribution in [3.05, 3.63) is 88.5 Å². The number of para-hydroxylation sites is 1. The first-order valence-electron chi connectivity index (χ1n) is 11.5. The summed E-state index contributed by atoms with van der Waals surface area (Å²) in [6, 6.07) is 20.0. The number of hydrogen-bond acceptors (Lipinski definition) is 3. The zero-order chi connectivity index (χ0) is 23.5. The van der Waals surface area contributed by atoms with Gasteiger partial charge in [0.15, 0.2) is 0 Å². The van der Waals surface area contributed by atoms with Gasteiger partial charge < -0.3 is 10.0 Å². The molecule has 5 rings (SSSR count). The van der Waals surface area contributed by atoms with E-state index in [4.69, 9.17) is 4.99 Å². The van der Waals surface area contributed by atoms with Crippen LogP contribution in [-0.4, -0.2) is 23.8 Å². The van der Waals surface area contributed by atoms with Crippen molar-refractivity contribution in [2.24, 2.45) is 4.99 Å². The van der Waals surface area contributed by atoms with Crippen LogP contribution in [0.4, 0.5) is 17.1 Å². The number of anilines is 2. The monoisotopic (exact) mass is 438 g/mol. The summed E-state index contributed by atoms with van der Waals surface area (Å²) < 4.78 is 0. The first-order valence-corrected chi connectivity index (χ1v) is 11.5. The molecule has 0 radical (unpaired) electrons. The molecule has 168 valence electrons. The molecule has 0 aromatic heterocycles. The van der Waals surface area contributed by atoms with Crippen LogP contribution in [0, 0.1) is 0 Å². The van der Waals surface area contributed by atoms with Gasteiger partial charge in [-0.3, -0.25) is 0 Å². The molecule has 0 spiro atoms. The average Bonchev–Trinajstić information content (AvgIpc) is 2.91. The molecular weight excluding hydrogens is 408 g/mol. The van der Waals surface area contributed by atoms with E-state index in [1.165, 1.54) is 11.1 Å². The molecule has 0 atom stereocenters. The largest absolute Gasteiger partial charge is 0.478 e. The fraction of sp³-hybridized carbons (Fsp3) is 0.310. The Hall–Kier alpha value is -3.40. The summed E-state index contributed by atoms with van der Waals surface area (Å²) in [5, 5.41) is 9.32. The van der Waals surface area contributed by atoms with Crippen LogP contribution in [-0.2, 0) is 10.8 Å². The molecule has 0 bridgehead atoms. The predicted octanol–water partition coefficient (Wildman–Crippen LogP) is 6.98. The minimum absolute atomic E-state index is 0.0937. The lowest BCUT2D eigenvalue weighted by molar-refractivity contribution is 0.0697. The number of fused-ring (bicyclic) bond motifs is 3. The SMILES string of the molecule is CN1c2cc3c(cc2N=C(c2ccc(C(=O)O)cc2)c2ccccc21)C(C)(C)CCC3(C)C. The lowest BCUT2D eigenvalue weighted by Gasteiger charge is -2.42. The van der Waals surface area contributed by atoms with Gasteiger partial charge in [0.1, 0.15) is 0 Å². The van der Waals surface area contributed by atoms with Crippen molar-refractivity contribution in [3.8, 4) is 0 Å². The van der Waals surface area contributed by atoms with Gasteiger partial charge in [-0.15, -0.1) is 0 Å². The first-order chi connectivity index (χ1) is 15.6. The van der Waals surface area contributed by atoms with Crippen molar-refractivity contribution in [1.82, 2.24) is 0 Å². The number of rotatable bonds is 2. The lowest BCUT2D eigenvalue weighted by Crippen LogP contribution is -2.34. The summed E-state index contributed by atoms with van der Waals surface area (Å²) in [6.45, 7) is 9.35. The van der Waals surface area contributed by atoms with Crippen LogP contribution < -0.4 is 4.90 Å². The smallest absolute Gasteiger partial charge is 0.335 e. The van der Waals surface area contributed by atoms with Crippen molar-refractivity contribution in [1.29, 1.82) is 0 Å². The van der Waals surface area contributed by atoms with E-state index >= 15 is 0 Å². The number of carboxylic acid groups (broad SMARTS) is 1. The number of nitrogens with zero attached hydrogens (tertiary/aromatic N) is 2. The zero-order valence-corrected chi connectivity index (χ0v) is 19.9. The topological polar surface area (TPSA) is 52.9 Å². The maximum Gasteiger partial charge on any atom is 0.335 e. The number of benzene rings is 3. The number of aromatic carboxylic acids is 1. The summed E-state index contributed by atoms with van der Waals surface area (Å²) in [5.41, 5.74) is 9.22. The Morgan fingerprint density at radius 3 is 2.12 bits per heavy atom. The van der Waals surface area contributed by atoms with Gasteiger partial charge in [0.05, 0.1) is 28.3 Å². The zero-order valence-electron chi connectivity index (χ0n) is 19.9. The molecule has 4 heteroatoms. The Balaban J connectivity index is 1.78. The third kappa shape index (κ3) is 3.45. The second-order valence-electron chi connectivity index (χ2n) is 10.6. The van der Waals surface area contributed by atoms with E-state index in [0.29, 0.717) is 0 Å². The van der Waals surface area contributed by atoms with Crippen LogP contribution in [0.3, 0.4) is 0 Å². The van der Waals surface area contributed by atoms with Gasteiger partial charge in [-0.05, 0) is 65.1 Å². The van der Waals surface area contributed by atoms with E-state index in [1.54, 1.807) is 12.1 Å². The van der Waals surface area contributed by atoms with Crippen LogP contribution in [0.1, 0.15) is 73.1 Å². The van der Waals surface area contributed by atoms with E-state index in [-0.39, 0.29) is 16.4 Å². The van der Waals surface area contributed by atoms with Crippen LogP contribution in [0.2, 0.25) is 0 Å². The van der Waals surface area contributed by atoms with Gasteiger partial charge in [-0.1, -0.05) is 58.0 Å². The van der Waals surface area contributed by atoms with Crippen molar-refractivity contribution >= 4 is 28.7 Å². The molecule has 4 nitrogen and oxygen atoms in total. The van der Waals surface area contributed by atoms with Gasteiger partial charge >= 0.3 is 5.97 Å². The Labute approximate surface area is 195 Å². The molecule has 1 N–H and O–H groups in total. The van der Waals surface area contributed by atoms with Crippen LogP contribution >= 0.6 is 0 Å². The van der Waals surface area contributed by atoms with E-state index in [2.05, 4.69) is 70.0 Å². The molecule has 0 saturated carbocycles. The van der Waals surface area contributed by atoms with Gasteiger partial charge in [-0.2, -0.15) is 0 Å². The van der Waals surface area contributed by atoms with E-state index < -0.39 is 5.97 Å². The van der Waals surface area contributed by atoms with Gasteiger partial charge in [0.2, 0.25) is 0 Å². The second-order valence-corrected chi connectivity index (χ2v) is 10.6. The Morgan fingerprint density at radius 2 is 1.48 bits per heavy atom. The molecule has 1 aliphatic carbocycles. The lowest BCUT2D eigenvalue weighted by atomic mass is 9.63. The third-order valence-electron chi connectivity index (χ3n) is 7.47. The van der Waals surface area contributed by atoms with Crippen LogP contribution in [0.5, 0.6) is 0 Å². The molecule has 33 heavy (non-hydrogen) atoms. The quantitative estimate of drug-likeness (QED) is 0.469. The van der Waals surface area contributed by atoms with Crippen LogP contribution in [0.15, 0.2) is 65.7 Å². The molecule has 0 fully saturated rings. The van der Waals surface area contributed by atoms with Gasteiger partial charge in [0, 0.05) is 18.2 Å². The molecule has 1 heterocycles. The minimum atomic E-state index is -0.925. The molecule has 1 aliphatic heterocycles. The summed E-state index contributed by atoms with van der Waals surface area (Å²) in [5.74, 6) is -0.925. The van der Waals surface area contributed by atoms with Crippen molar-refractivity contribution in [2.75, 3.05) is 11.9 Å². The van der Waals surface area contributed by atoms with Gasteiger partial charge in [0.25, 0.3) is 0 Å². The Bertz CT molecular complexity index is 1300. The number of carboxylic acids is 1. The minimum Gasteiger partial charge on any atom is -0.478 e. The maximum atomic E-state index is 11.4. The highest BCUT2D eigenvalue weighted by atomic mass is 16.4. The van der Waals surface area contributed by atoms with Crippen molar-refractivity contribution < 1.29 is 9.90 Å². The van der Waals surface area contributed by atoms with E-state index in [1.807, 2.05) is 18.2 Å². The molecule has 0 amide bonds. The highest BCUT2D eigenvalue weighted by molar-refractivity contribution is 6.18. The average molecular weight is 439 g/mol. The fourth-order valence-electron chi connectivity index (χ4n) is 5.22. The fourth-order valence-corrected chi connectivity index (χ4v) is 5.22. The molecule has 0 unspecified atom stereocenters. The highest BCUT2D eigenvalue weighted by Gasteiger charge is 2.38. The Morgan fingerprint density at radius 1 is 0.879 bits per heavy atom. The predicted molar refractivity (Wildman–Crippen MR) is 135 cm³/mol. The van der Waals surface area contributed by atoms with Crippen LogP contribution in [0.25, 0.3) is 0 Å². The molecule has 2 aliphatic rings. The van der Waals surface area contributed by atoms with E-state index in [9.17, 15) is 9.90 Å². The standard InChI is InChI=1S/C29H30N2O2/c1-28(2)14-15-29(3,4)22-17-25-23(16-21(22)28)30-26(18-10-12-19(13-11-18)27(32)33)20-8-6-7-9-24(20)31(25)5/h6-13,16-17H,14-15H2,1-5H3,(H,32,33). The number of hydrogen-bond donors (Lipinski definition) is 1. The first kappa shape index (κ1) is 21.4. The van der Waals surface area contributed by atoms with Gasteiger partial charge in [-0.25, -0.2) is 9.79 Å². The number of carbonyl (C=O) groups is 1. The Kier molecular flexibility index (Phi) is 4.75. The maximum absolute atomic E-state index is 11.4. The van der Waals surface area contributed by atoms with E-state index in [0.717, 1.165) is 46.7 Å². The second kappa shape index (κ2) is 7.31. The molecule has 3 aromatic carbocycles. The number of aliphatic imine (C=N–C) groups is 1. The highest BCUT2D eigenvalue weighted by Crippen LogP contribution is 2.51. The molecule has 3 aromatic rings. The summed E-state index contributed by atoms with van der Waals surface area (Å²) in [6.07, 6.45) is 2.31. The van der Waals surface area contributed by atoms with Crippen molar-refractivity contribution in [2.45, 2.75) is 51.4 Å². The normalized spacial score (nSPS) is 17.8. The molecular formula is C29H30N2O2. The van der Waals surface area contributed by atoms with Crippen molar-refractivity contribution in [3.63, 3.8) is 0 Å². The summed E-state index contributed by atoms with van der Waals surface area (Å²) in [4.78, 5) is 18.8. The molecule has 0 saturated heterocycles. The summed E-state index contributed by atoms with van der Waals surface area (Å²) >= 11 is 0. The third-order valence-corrected chi connectivity index (χ3v) is 7.47. The summed E-state index contributed by atoms with van der Waals surface area (Å²) in [7, 11) is 2.11.